The molecule has 1 aliphatic heterocycles. The Balaban J connectivity index is 1.66. The third kappa shape index (κ3) is 3.95. The molecule has 1 aromatic heterocycles. The molecule has 0 saturated heterocycles. The lowest BCUT2D eigenvalue weighted by atomic mass is 9.99. The van der Waals surface area contributed by atoms with Crippen molar-refractivity contribution in [3.63, 3.8) is 0 Å². The average Bonchev–Trinajstić information content (AvgIpc) is 3.22. The van der Waals surface area contributed by atoms with Crippen LogP contribution < -0.4 is 0 Å². The Morgan fingerprint density at radius 1 is 1.21 bits per heavy atom. The Morgan fingerprint density at radius 2 is 2.11 bits per heavy atom. The van der Waals surface area contributed by atoms with Crippen LogP contribution in [0.1, 0.15) is 11.1 Å². The minimum atomic E-state index is 0.639. The Bertz CT molecular complexity index is 1050. The maximum atomic E-state index is 6.28. The average molecular weight is 459 g/mol. The lowest BCUT2D eigenvalue weighted by Gasteiger charge is -2.27. The molecule has 28 heavy (non-hydrogen) atoms. The number of halogens is 2. The number of hydrogen-bond acceptors (Lipinski definition) is 5. The fraction of sp³-hybridized carbons (Fsp3) is 0.150. The molecule has 0 atom stereocenters. The van der Waals surface area contributed by atoms with Gasteiger partial charge in [0.15, 0.2) is 0 Å². The Kier molecular flexibility index (Phi) is 5.45. The number of allylic oxidation sites excluding steroid dienone is 1. The molecule has 142 valence electrons. The van der Waals surface area contributed by atoms with Gasteiger partial charge in [-0.3, -0.25) is 0 Å². The van der Waals surface area contributed by atoms with Crippen molar-refractivity contribution >= 4 is 33.1 Å². The van der Waals surface area contributed by atoms with Crippen LogP contribution in [0.25, 0.3) is 11.3 Å². The molecule has 8 heteroatoms. The standard InChI is InChI=1S/C20H17BrClN5O/c1-28-20-12-26(11-14-3-2-4-15(21)9-14)8-7-17(20)18-10-16(22)5-6-19(18)27-13-23-24-25-27/h2-7,9-10,12-13H,8,11H2,1H3. The summed E-state index contributed by atoms with van der Waals surface area (Å²) in [6.07, 6.45) is 5.72. The zero-order chi connectivity index (χ0) is 19.5. The van der Waals surface area contributed by atoms with Crippen LogP contribution in [0.2, 0.25) is 5.02 Å². The molecule has 0 aliphatic carbocycles. The van der Waals surface area contributed by atoms with E-state index >= 15 is 0 Å². The molecular weight excluding hydrogens is 442 g/mol. The summed E-state index contributed by atoms with van der Waals surface area (Å²) in [7, 11) is 1.67. The Labute approximate surface area is 176 Å². The monoisotopic (exact) mass is 457 g/mol. The third-order valence-electron chi connectivity index (χ3n) is 4.43. The number of nitrogens with zero attached hydrogens (tertiary/aromatic N) is 5. The van der Waals surface area contributed by atoms with Crippen LogP contribution in [0.3, 0.4) is 0 Å². The van der Waals surface area contributed by atoms with E-state index in [9.17, 15) is 0 Å². The summed E-state index contributed by atoms with van der Waals surface area (Å²) in [5.41, 5.74) is 3.93. The summed E-state index contributed by atoms with van der Waals surface area (Å²) in [5.74, 6) is 0.762. The van der Waals surface area contributed by atoms with Gasteiger partial charge in [0.1, 0.15) is 12.1 Å². The number of tetrazole rings is 1. The molecule has 0 amide bonds. The van der Waals surface area contributed by atoms with Gasteiger partial charge in [0, 0.05) is 39.9 Å². The lowest BCUT2D eigenvalue weighted by molar-refractivity contribution is 0.285. The van der Waals surface area contributed by atoms with E-state index in [-0.39, 0.29) is 0 Å². The fourth-order valence-electron chi connectivity index (χ4n) is 3.18. The van der Waals surface area contributed by atoms with Gasteiger partial charge in [-0.1, -0.05) is 45.7 Å². The first kappa shape index (κ1) is 18.7. The van der Waals surface area contributed by atoms with E-state index in [1.54, 1.807) is 18.1 Å². The van der Waals surface area contributed by atoms with Crippen LogP contribution in [-0.4, -0.2) is 38.8 Å². The summed E-state index contributed by atoms with van der Waals surface area (Å²) < 4.78 is 8.39. The van der Waals surface area contributed by atoms with Crippen molar-refractivity contribution in [1.29, 1.82) is 0 Å². The van der Waals surface area contributed by atoms with Crippen molar-refractivity contribution in [3.8, 4) is 5.69 Å². The molecular formula is C20H17BrClN5O. The van der Waals surface area contributed by atoms with E-state index in [2.05, 4.69) is 54.6 Å². The summed E-state index contributed by atoms with van der Waals surface area (Å²) in [6, 6.07) is 13.9. The predicted molar refractivity (Wildman–Crippen MR) is 112 cm³/mol. The third-order valence-corrected chi connectivity index (χ3v) is 5.16. The van der Waals surface area contributed by atoms with E-state index in [4.69, 9.17) is 16.3 Å². The second-order valence-electron chi connectivity index (χ2n) is 6.29. The quantitative estimate of drug-likeness (QED) is 0.565. The SMILES string of the molecule is COC1=CN(Cc2cccc(Br)c2)CC=C1c1cc(Cl)ccc1-n1cnnn1. The number of ether oxygens (including phenoxy) is 1. The first-order valence-electron chi connectivity index (χ1n) is 8.62. The smallest absolute Gasteiger partial charge is 0.143 e. The zero-order valence-electron chi connectivity index (χ0n) is 15.1. The van der Waals surface area contributed by atoms with Gasteiger partial charge < -0.3 is 9.64 Å². The van der Waals surface area contributed by atoms with Gasteiger partial charge in [0.2, 0.25) is 0 Å². The minimum absolute atomic E-state index is 0.639. The van der Waals surface area contributed by atoms with E-state index in [0.717, 1.165) is 40.1 Å². The molecule has 0 radical (unpaired) electrons. The molecule has 0 unspecified atom stereocenters. The van der Waals surface area contributed by atoms with E-state index in [1.165, 1.54) is 5.56 Å². The highest BCUT2D eigenvalue weighted by Gasteiger charge is 2.20. The molecule has 2 aromatic carbocycles. The fourth-order valence-corrected chi connectivity index (χ4v) is 3.80. The van der Waals surface area contributed by atoms with Gasteiger partial charge in [-0.25, -0.2) is 0 Å². The predicted octanol–water partition coefficient (Wildman–Crippen LogP) is 4.47. The van der Waals surface area contributed by atoms with Crippen molar-refractivity contribution in [1.82, 2.24) is 25.1 Å². The first-order valence-corrected chi connectivity index (χ1v) is 9.79. The van der Waals surface area contributed by atoms with Crippen LogP contribution >= 0.6 is 27.5 Å². The van der Waals surface area contributed by atoms with Crippen molar-refractivity contribution in [2.45, 2.75) is 6.54 Å². The molecule has 2 heterocycles. The lowest BCUT2D eigenvalue weighted by Crippen LogP contribution is -2.22. The van der Waals surface area contributed by atoms with Crippen molar-refractivity contribution < 1.29 is 4.74 Å². The maximum absolute atomic E-state index is 6.28. The van der Waals surface area contributed by atoms with E-state index in [0.29, 0.717) is 5.02 Å². The molecule has 0 bridgehead atoms. The summed E-state index contributed by atoms with van der Waals surface area (Å²) in [5, 5.41) is 12.1. The maximum Gasteiger partial charge on any atom is 0.143 e. The van der Waals surface area contributed by atoms with E-state index < -0.39 is 0 Å². The number of benzene rings is 2. The number of rotatable bonds is 5. The molecule has 0 spiro atoms. The van der Waals surface area contributed by atoms with Crippen LogP contribution in [0.5, 0.6) is 0 Å². The van der Waals surface area contributed by atoms with Gasteiger partial charge in [-0.15, -0.1) is 5.10 Å². The van der Waals surface area contributed by atoms with Crippen LogP contribution in [0, 0.1) is 0 Å². The topological polar surface area (TPSA) is 56.1 Å². The zero-order valence-corrected chi connectivity index (χ0v) is 17.4. The molecule has 3 aromatic rings. The summed E-state index contributed by atoms with van der Waals surface area (Å²) in [6.45, 7) is 1.53. The van der Waals surface area contributed by atoms with Gasteiger partial charge in [-0.2, -0.15) is 4.68 Å². The van der Waals surface area contributed by atoms with Crippen LogP contribution in [-0.2, 0) is 11.3 Å². The summed E-state index contributed by atoms with van der Waals surface area (Å²) >= 11 is 9.80. The molecule has 6 nitrogen and oxygen atoms in total. The summed E-state index contributed by atoms with van der Waals surface area (Å²) in [4.78, 5) is 2.20. The van der Waals surface area contributed by atoms with Crippen LogP contribution in [0.4, 0.5) is 0 Å². The first-order chi connectivity index (χ1) is 13.6. The van der Waals surface area contributed by atoms with Gasteiger partial charge in [0.05, 0.1) is 12.8 Å². The van der Waals surface area contributed by atoms with Gasteiger partial charge >= 0.3 is 0 Å². The van der Waals surface area contributed by atoms with Gasteiger partial charge in [0.25, 0.3) is 0 Å². The minimum Gasteiger partial charge on any atom is -0.495 e. The van der Waals surface area contributed by atoms with Crippen molar-refractivity contribution in [2.75, 3.05) is 13.7 Å². The number of methoxy groups -OCH3 is 1. The Hall–Kier alpha value is -2.64. The van der Waals surface area contributed by atoms with Crippen molar-refractivity contribution in [2.24, 2.45) is 0 Å². The number of hydrogen-bond donors (Lipinski definition) is 0. The normalized spacial score (nSPS) is 13.9. The van der Waals surface area contributed by atoms with Gasteiger partial charge in [-0.05, 0) is 46.3 Å². The van der Waals surface area contributed by atoms with Crippen molar-refractivity contribution in [3.05, 3.63) is 87.4 Å². The molecule has 1 aliphatic rings. The Morgan fingerprint density at radius 3 is 2.86 bits per heavy atom. The second-order valence-corrected chi connectivity index (χ2v) is 7.64. The molecule has 4 rings (SSSR count). The largest absolute Gasteiger partial charge is 0.495 e. The molecule has 0 saturated carbocycles. The molecule has 0 N–H and O–H groups in total. The highest BCUT2D eigenvalue weighted by Crippen LogP contribution is 2.33. The van der Waals surface area contributed by atoms with Crippen LogP contribution in [0.15, 0.2) is 71.3 Å². The molecule has 0 fully saturated rings. The highest BCUT2D eigenvalue weighted by atomic mass is 79.9. The van der Waals surface area contributed by atoms with E-state index in [1.807, 2.05) is 36.5 Å². The second kappa shape index (κ2) is 8.16. The highest BCUT2D eigenvalue weighted by molar-refractivity contribution is 9.10. The number of aromatic nitrogens is 4.